The molecule has 0 saturated carbocycles. The molecule has 1 aromatic carbocycles. The van der Waals surface area contributed by atoms with Crippen molar-refractivity contribution in [2.75, 3.05) is 6.61 Å². The van der Waals surface area contributed by atoms with Crippen molar-refractivity contribution in [1.82, 2.24) is 15.1 Å². The molecule has 0 aliphatic rings. The minimum atomic E-state index is -0.486. The third kappa shape index (κ3) is 3.85. The van der Waals surface area contributed by atoms with Gasteiger partial charge in [0, 0.05) is 23.8 Å². The molecule has 2 aromatic rings. The van der Waals surface area contributed by atoms with Crippen molar-refractivity contribution in [3.8, 4) is 0 Å². The van der Waals surface area contributed by atoms with Crippen LogP contribution in [0.4, 0.5) is 4.39 Å². The lowest BCUT2D eigenvalue weighted by molar-refractivity contribution is 0.235. The van der Waals surface area contributed by atoms with E-state index in [0.717, 1.165) is 5.56 Å². The lowest BCUT2D eigenvalue weighted by Gasteiger charge is -2.21. The van der Waals surface area contributed by atoms with Gasteiger partial charge in [0.1, 0.15) is 5.82 Å². The van der Waals surface area contributed by atoms with E-state index in [2.05, 4.69) is 24.3 Å². The van der Waals surface area contributed by atoms with Crippen LogP contribution in [-0.4, -0.2) is 21.5 Å². The summed E-state index contributed by atoms with van der Waals surface area (Å²) in [6.45, 7) is 5.96. The molecule has 0 fully saturated rings. The fourth-order valence-corrected chi connectivity index (χ4v) is 2.36. The molecule has 120 valence electrons. The molecule has 0 saturated heterocycles. The Morgan fingerprint density at radius 3 is 2.59 bits per heavy atom. The molecule has 0 spiro atoms. The predicted octanol–water partition coefficient (Wildman–Crippen LogP) is 3.64. The van der Waals surface area contributed by atoms with Gasteiger partial charge >= 0.3 is 0 Å². The minimum Gasteiger partial charge on any atom is -0.394 e. The third-order valence-corrected chi connectivity index (χ3v) is 3.94. The second-order valence-corrected chi connectivity index (χ2v) is 6.05. The van der Waals surface area contributed by atoms with E-state index in [0.29, 0.717) is 11.6 Å². The average Bonchev–Trinajstić information content (AvgIpc) is 2.97. The van der Waals surface area contributed by atoms with Gasteiger partial charge in [0.15, 0.2) is 0 Å². The fraction of sp³-hybridized carbons (Fsp3) is 0.438. The zero-order chi connectivity index (χ0) is 16.3. The Morgan fingerprint density at radius 1 is 1.32 bits per heavy atom. The number of hydrogen-bond acceptors (Lipinski definition) is 3. The second-order valence-electron chi connectivity index (χ2n) is 5.64. The normalized spacial score (nSPS) is 14.3. The van der Waals surface area contributed by atoms with E-state index in [9.17, 15) is 9.50 Å². The van der Waals surface area contributed by atoms with Crippen molar-refractivity contribution in [2.24, 2.45) is 0 Å². The number of nitrogens with one attached hydrogen (secondary N) is 1. The minimum absolute atomic E-state index is 0.0246. The van der Waals surface area contributed by atoms with Crippen LogP contribution in [0.25, 0.3) is 0 Å². The Morgan fingerprint density at radius 2 is 2.05 bits per heavy atom. The molecule has 4 nitrogen and oxygen atoms in total. The van der Waals surface area contributed by atoms with Crippen molar-refractivity contribution in [3.63, 3.8) is 0 Å². The van der Waals surface area contributed by atoms with E-state index >= 15 is 0 Å². The van der Waals surface area contributed by atoms with E-state index in [1.807, 2.05) is 17.8 Å². The highest BCUT2D eigenvalue weighted by Crippen LogP contribution is 2.23. The number of rotatable bonds is 6. The van der Waals surface area contributed by atoms with Crippen LogP contribution < -0.4 is 5.32 Å². The monoisotopic (exact) mass is 325 g/mol. The van der Waals surface area contributed by atoms with Crippen LogP contribution >= 0.6 is 11.6 Å². The molecule has 1 aromatic heterocycles. The number of hydrogen-bond donors (Lipinski definition) is 2. The first-order valence-corrected chi connectivity index (χ1v) is 7.66. The topological polar surface area (TPSA) is 50.1 Å². The van der Waals surface area contributed by atoms with Gasteiger partial charge in [0.2, 0.25) is 0 Å². The maximum Gasteiger partial charge on any atom is 0.142 e. The van der Waals surface area contributed by atoms with E-state index < -0.39 is 5.82 Å². The largest absolute Gasteiger partial charge is 0.394 e. The lowest BCUT2D eigenvalue weighted by Crippen LogP contribution is -2.27. The molecule has 0 unspecified atom stereocenters. The highest BCUT2D eigenvalue weighted by molar-refractivity contribution is 6.30. The number of halogens is 2. The van der Waals surface area contributed by atoms with Crippen LogP contribution in [0.3, 0.4) is 0 Å². The van der Waals surface area contributed by atoms with Gasteiger partial charge in [0.05, 0.1) is 23.9 Å². The predicted molar refractivity (Wildman–Crippen MR) is 85.4 cm³/mol. The van der Waals surface area contributed by atoms with Crippen LogP contribution in [-0.2, 0) is 0 Å². The Kier molecular flexibility index (Phi) is 5.56. The summed E-state index contributed by atoms with van der Waals surface area (Å²) in [5.74, 6) is -0.486. The van der Waals surface area contributed by atoms with Crippen LogP contribution in [0.5, 0.6) is 0 Å². The SMILES string of the molecule is CC(C)n1cc([C@H](C)N[C@H](CO)c2ccc(Cl)c(F)c2)cn1. The van der Waals surface area contributed by atoms with Crippen molar-refractivity contribution in [3.05, 3.63) is 52.6 Å². The van der Waals surface area contributed by atoms with Gasteiger partial charge in [-0.05, 0) is 38.5 Å². The van der Waals surface area contributed by atoms with Gasteiger partial charge in [-0.1, -0.05) is 17.7 Å². The Labute approximate surface area is 134 Å². The summed E-state index contributed by atoms with van der Waals surface area (Å²) in [6.07, 6.45) is 3.77. The quantitative estimate of drug-likeness (QED) is 0.852. The summed E-state index contributed by atoms with van der Waals surface area (Å²) < 4.78 is 15.5. The Hall–Kier alpha value is -1.43. The lowest BCUT2D eigenvalue weighted by atomic mass is 10.1. The summed E-state index contributed by atoms with van der Waals surface area (Å²) in [5.41, 5.74) is 1.68. The van der Waals surface area contributed by atoms with Crippen molar-refractivity contribution in [1.29, 1.82) is 0 Å². The highest BCUT2D eigenvalue weighted by Gasteiger charge is 2.17. The zero-order valence-corrected chi connectivity index (χ0v) is 13.7. The fourth-order valence-electron chi connectivity index (χ4n) is 2.24. The third-order valence-electron chi connectivity index (χ3n) is 3.63. The Bertz CT molecular complexity index is 630. The number of nitrogens with zero attached hydrogens (tertiary/aromatic N) is 2. The molecule has 22 heavy (non-hydrogen) atoms. The molecule has 1 heterocycles. The molecular weight excluding hydrogens is 305 g/mol. The van der Waals surface area contributed by atoms with Gasteiger partial charge in [-0.25, -0.2) is 4.39 Å². The van der Waals surface area contributed by atoms with E-state index in [4.69, 9.17) is 11.6 Å². The van der Waals surface area contributed by atoms with E-state index in [1.54, 1.807) is 12.3 Å². The molecule has 2 N–H and O–H groups in total. The average molecular weight is 326 g/mol. The summed E-state index contributed by atoms with van der Waals surface area (Å²) in [7, 11) is 0. The van der Waals surface area contributed by atoms with Crippen LogP contribution in [0, 0.1) is 5.82 Å². The summed E-state index contributed by atoms with van der Waals surface area (Å²) in [6, 6.07) is 4.45. The van der Waals surface area contributed by atoms with Gasteiger partial charge in [-0.3, -0.25) is 4.68 Å². The number of aliphatic hydroxyl groups is 1. The van der Waals surface area contributed by atoms with Crippen LogP contribution in [0.2, 0.25) is 5.02 Å². The van der Waals surface area contributed by atoms with Crippen LogP contribution in [0.1, 0.15) is 50.0 Å². The van der Waals surface area contributed by atoms with Crippen LogP contribution in [0.15, 0.2) is 30.6 Å². The van der Waals surface area contributed by atoms with Crippen molar-refractivity contribution >= 4 is 11.6 Å². The first-order valence-electron chi connectivity index (χ1n) is 7.28. The van der Waals surface area contributed by atoms with Gasteiger partial charge in [-0.15, -0.1) is 0 Å². The molecule has 0 bridgehead atoms. The molecule has 0 amide bonds. The standard InChI is InChI=1S/C16H21ClFN3O/c1-10(2)21-8-13(7-19-21)11(3)20-16(9-22)12-4-5-14(17)15(18)6-12/h4-8,10-11,16,20,22H,9H2,1-3H3/t11-,16+/m0/s1. The molecule has 6 heteroatoms. The van der Waals surface area contributed by atoms with E-state index in [-0.39, 0.29) is 23.7 Å². The van der Waals surface area contributed by atoms with Crippen molar-refractivity contribution < 1.29 is 9.50 Å². The molecule has 2 rings (SSSR count). The Balaban J connectivity index is 2.12. The first-order chi connectivity index (χ1) is 10.4. The van der Waals surface area contributed by atoms with Gasteiger partial charge < -0.3 is 10.4 Å². The summed E-state index contributed by atoms with van der Waals surface area (Å²) >= 11 is 5.69. The molecule has 0 aliphatic carbocycles. The van der Waals surface area contributed by atoms with Gasteiger partial charge in [-0.2, -0.15) is 5.10 Å². The zero-order valence-electron chi connectivity index (χ0n) is 12.9. The van der Waals surface area contributed by atoms with Gasteiger partial charge in [0.25, 0.3) is 0 Å². The molecule has 2 atom stereocenters. The van der Waals surface area contributed by atoms with Crippen molar-refractivity contribution in [2.45, 2.75) is 38.9 Å². The first kappa shape index (κ1) is 16.9. The number of benzene rings is 1. The molecular formula is C16H21ClFN3O. The maximum absolute atomic E-state index is 13.6. The number of aliphatic hydroxyl groups excluding tert-OH is 1. The molecule has 0 aliphatic heterocycles. The second kappa shape index (κ2) is 7.22. The summed E-state index contributed by atoms with van der Waals surface area (Å²) in [5, 5.41) is 17.3. The highest BCUT2D eigenvalue weighted by atomic mass is 35.5. The molecule has 0 radical (unpaired) electrons. The maximum atomic E-state index is 13.6. The van der Waals surface area contributed by atoms with E-state index in [1.165, 1.54) is 12.1 Å². The number of aromatic nitrogens is 2. The smallest absolute Gasteiger partial charge is 0.142 e. The summed E-state index contributed by atoms with van der Waals surface area (Å²) in [4.78, 5) is 0.